The molecule has 17 unspecified atom stereocenters. The lowest BCUT2D eigenvalue weighted by Crippen LogP contribution is -2.66. The maximum atomic E-state index is 13.5. The summed E-state index contributed by atoms with van der Waals surface area (Å²) in [6.45, 7) is 1.75. The molecule has 642 valence electrons. The molecule has 3 heterocycles. The first-order chi connectivity index (χ1) is 53.8. The number of aliphatic hydroxyl groups excluding tert-OH is 11. The summed E-state index contributed by atoms with van der Waals surface area (Å²) in [5.74, 6) is -0.284. The van der Waals surface area contributed by atoms with E-state index >= 15 is 0 Å². The van der Waals surface area contributed by atoms with Crippen molar-refractivity contribution in [3.63, 3.8) is 0 Å². The number of allylic oxidation sites excluding steroid dienone is 11. The molecule has 0 bridgehead atoms. The molecule has 3 rings (SSSR count). The first-order valence-corrected chi connectivity index (χ1v) is 45.2. The molecule has 12 N–H and O–H groups in total. The van der Waals surface area contributed by atoms with Crippen LogP contribution in [0.1, 0.15) is 367 Å². The average molecular weight is 1560 g/mol. The third-order valence-corrected chi connectivity index (χ3v) is 22.2. The van der Waals surface area contributed by atoms with Crippen LogP contribution in [-0.4, -0.2) is 193 Å². The van der Waals surface area contributed by atoms with Crippen molar-refractivity contribution in [3.8, 4) is 0 Å². The summed E-state index contributed by atoms with van der Waals surface area (Å²) >= 11 is 0. The Balaban J connectivity index is 1.33. The summed E-state index contributed by atoms with van der Waals surface area (Å²) in [6, 6.07) is -1.00. The molecule has 0 aromatic heterocycles. The monoisotopic (exact) mass is 1560 g/mol. The van der Waals surface area contributed by atoms with Crippen LogP contribution in [0.2, 0.25) is 0 Å². The summed E-state index contributed by atoms with van der Waals surface area (Å²) in [5.41, 5.74) is 0. The van der Waals surface area contributed by atoms with Gasteiger partial charge in [0.1, 0.15) is 73.2 Å². The van der Waals surface area contributed by atoms with Gasteiger partial charge in [-0.1, -0.05) is 350 Å². The molecule has 3 aliphatic rings. The topological polar surface area (TPSA) is 307 Å². The molecule has 0 aliphatic carbocycles. The number of ether oxygens (including phenoxy) is 6. The minimum Gasteiger partial charge on any atom is -0.394 e. The molecule has 17 atom stereocenters. The number of nitrogens with one attached hydrogen (secondary N) is 1. The van der Waals surface area contributed by atoms with Crippen molar-refractivity contribution in [2.24, 2.45) is 0 Å². The van der Waals surface area contributed by atoms with E-state index in [0.717, 1.165) is 57.8 Å². The van der Waals surface area contributed by atoms with E-state index in [9.17, 15) is 61.0 Å². The molecule has 0 saturated carbocycles. The molecule has 110 heavy (non-hydrogen) atoms. The van der Waals surface area contributed by atoms with Gasteiger partial charge in [-0.2, -0.15) is 0 Å². The molecule has 1 amide bonds. The molecule has 0 radical (unpaired) electrons. The fraction of sp³-hybridized carbons (Fsp3) is 0.857. The average Bonchev–Trinajstić information content (AvgIpc) is 0.784. The molecule has 3 fully saturated rings. The minimum atomic E-state index is -1.99. The van der Waals surface area contributed by atoms with Gasteiger partial charge < -0.3 is 89.9 Å². The van der Waals surface area contributed by atoms with Gasteiger partial charge in [-0.05, 0) is 83.5 Å². The van der Waals surface area contributed by atoms with Crippen molar-refractivity contribution in [2.45, 2.75) is 471 Å². The molecule has 3 aliphatic heterocycles. The fourth-order valence-corrected chi connectivity index (χ4v) is 15.0. The van der Waals surface area contributed by atoms with Gasteiger partial charge in [0.15, 0.2) is 18.9 Å². The van der Waals surface area contributed by atoms with Crippen LogP contribution in [0, 0.1) is 0 Å². The van der Waals surface area contributed by atoms with Crippen LogP contribution in [-0.2, 0) is 33.2 Å². The Morgan fingerprint density at radius 3 is 0.973 bits per heavy atom. The van der Waals surface area contributed by atoms with Crippen LogP contribution in [0.4, 0.5) is 0 Å². The number of carbonyl (C=O) groups is 1. The van der Waals surface area contributed by atoms with Crippen LogP contribution >= 0.6 is 0 Å². The lowest BCUT2D eigenvalue weighted by molar-refractivity contribution is -0.379. The molecular formula is C91H165NO18. The standard InChI is InChI=1S/C91H165NO18/c1-3-5-7-9-11-13-15-17-19-21-23-25-27-29-31-33-34-35-36-37-38-39-40-41-43-45-47-49-51-53-55-57-59-61-63-65-67-69-79(97)92-74(75(96)68-66-64-62-60-58-56-54-52-50-48-46-44-42-32-30-28-26-24-22-20-18-16-14-12-10-8-6-4-2)73-105-89-85(103)82(100)87(77(71-94)107-89)110-91-86(104)83(101)88(78(72-95)108-91)109-90-84(102)81(99)80(98)76(70-93)106-90/h15,17,21,23,27,29,50,52,58,60,66,68,74-78,80-91,93-96,98-104H,3-14,16,18-20,22,24-26,28,30-49,51,53-57,59,61-65,67,69-73H2,1-2H3,(H,92,97)/b17-15-,23-21-,29-27-,52-50+,60-58+,68-66+. The smallest absolute Gasteiger partial charge is 0.220 e. The number of aliphatic hydroxyl groups is 11. The van der Waals surface area contributed by atoms with Gasteiger partial charge in [0, 0.05) is 6.42 Å². The normalized spacial score (nSPS) is 25.5. The second kappa shape index (κ2) is 70.4. The lowest BCUT2D eigenvalue weighted by atomic mass is 9.96. The van der Waals surface area contributed by atoms with E-state index < -0.39 is 124 Å². The maximum Gasteiger partial charge on any atom is 0.220 e. The van der Waals surface area contributed by atoms with Crippen molar-refractivity contribution in [1.82, 2.24) is 5.32 Å². The van der Waals surface area contributed by atoms with E-state index in [1.165, 1.54) is 276 Å². The van der Waals surface area contributed by atoms with Crippen LogP contribution in [0.25, 0.3) is 0 Å². The van der Waals surface area contributed by atoms with E-state index in [-0.39, 0.29) is 18.9 Å². The van der Waals surface area contributed by atoms with Gasteiger partial charge in [0.25, 0.3) is 0 Å². The molecule has 0 spiro atoms. The van der Waals surface area contributed by atoms with Crippen LogP contribution < -0.4 is 5.32 Å². The van der Waals surface area contributed by atoms with Gasteiger partial charge in [0.2, 0.25) is 5.91 Å². The molecule has 19 heteroatoms. The molecule has 0 aromatic carbocycles. The third-order valence-electron chi connectivity index (χ3n) is 22.2. The summed E-state index contributed by atoms with van der Waals surface area (Å²) in [7, 11) is 0. The predicted octanol–water partition coefficient (Wildman–Crippen LogP) is 17.1. The van der Waals surface area contributed by atoms with Crippen molar-refractivity contribution in [3.05, 3.63) is 72.9 Å². The molecular weight excluding hydrogens is 1390 g/mol. The second-order valence-corrected chi connectivity index (χ2v) is 32.0. The van der Waals surface area contributed by atoms with Crippen LogP contribution in [0.15, 0.2) is 72.9 Å². The Labute approximate surface area is 668 Å². The quantitative estimate of drug-likeness (QED) is 0.0199. The number of rotatable bonds is 73. The van der Waals surface area contributed by atoms with Gasteiger partial charge >= 0.3 is 0 Å². The van der Waals surface area contributed by atoms with E-state index in [1.54, 1.807) is 6.08 Å². The number of unbranched alkanes of at least 4 members (excludes halogenated alkanes) is 47. The highest BCUT2D eigenvalue weighted by atomic mass is 16.8. The van der Waals surface area contributed by atoms with Crippen LogP contribution in [0.3, 0.4) is 0 Å². The zero-order valence-electron chi connectivity index (χ0n) is 69.2. The van der Waals surface area contributed by atoms with Gasteiger partial charge in [-0.25, -0.2) is 0 Å². The van der Waals surface area contributed by atoms with Crippen molar-refractivity contribution < 1.29 is 89.4 Å². The highest BCUT2D eigenvalue weighted by Crippen LogP contribution is 2.34. The van der Waals surface area contributed by atoms with Gasteiger partial charge in [-0.15, -0.1) is 0 Å². The predicted molar refractivity (Wildman–Crippen MR) is 443 cm³/mol. The summed E-state index contributed by atoms with van der Waals surface area (Å²) in [6.07, 6.45) is 67.7. The summed E-state index contributed by atoms with van der Waals surface area (Å²) in [5, 5.41) is 121. The zero-order valence-corrected chi connectivity index (χ0v) is 69.2. The van der Waals surface area contributed by atoms with Crippen molar-refractivity contribution in [2.75, 3.05) is 26.4 Å². The Kier molecular flexibility index (Phi) is 64.9. The number of amides is 1. The van der Waals surface area contributed by atoms with Gasteiger partial charge in [0.05, 0.1) is 38.6 Å². The molecule has 19 nitrogen and oxygen atoms in total. The summed E-state index contributed by atoms with van der Waals surface area (Å²) in [4.78, 5) is 13.5. The Hall–Kier alpha value is -2.77. The Morgan fingerprint density at radius 2 is 0.609 bits per heavy atom. The zero-order chi connectivity index (χ0) is 79.5. The number of carbonyl (C=O) groups excluding carboxylic acids is 1. The van der Waals surface area contributed by atoms with E-state index in [1.807, 2.05) is 6.08 Å². The van der Waals surface area contributed by atoms with Gasteiger partial charge in [-0.3, -0.25) is 4.79 Å². The maximum absolute atomic E-state index is 13.5. The second-order valence-electron chi connectivity index (χ2n) is 32.0. The summed E-state index contributed by atoms with van der Waals surface area (Å²) < 4.78 is 34.5. The largest absolute Gasteiger partial charge is 0.394 e. The third kappa shape index (κ3) is 48.7. The fourth-order valence-electron chi connectivity index (χ4n) is 15.0. The van der Waals surface area contributed by atoms with E-state index in [2.05, 4.69) is 79.9 Å². The van der Waals surface area contributed by atoms with Crippen LogP contribution in [0.5, 0.6) is 0 Å². The highest BCUT2D eigenvalue weighted by Gasteiger charge is 2.54. The minimum absolute atomic E-state index is 0.233. The number of hydrogen-bond acceptors (Lipinski definition) is 18. The molecule has 3 saturated heterocycles. The Morgan fingerprint density at radius 1 is 0.327 bits per heavy atom. The van der Waals surface area contributed by atoms with E-state index in [0.29, 0.717) is 12.8 Å². The number of hydrogen-bond donors (Lipinski definition) is 12. The molecule has 0 aromatic rings. The van der Waals surface area contributed by atoms with E-state index in [4.69, 9.17) is 28.4 Å². The van der Waals surface area contributed by atoms with Crippen molar-refractivity contribution in [1.29, 1.82) is 0 Å². The lowest BCUT2D eigenvalue weighted by Gasteiger charge is -2.48. The highest BCUT2D eigenvalue weighted by molar-refractivity contribution is 5.76. The first-order valence-electron chi connectivity index (χ1n) is 45.2. The first kappa shape index (κ1) is 101. The van der Waals surface area contributed by atoms with Crippen molar-refractivity contribution >= 4 is 5.91 Å². The Bertz CT molecular complexity index is 2270. The SMILES string of the molecule is CCCCCCC/C=C\C/C=C\C/C=C\CCCCCCCCCCCCCCCCCCCCCCCCC(=O)NC(COC1OC(CO)C(OC2OC(CO)C(OC3OC(CO)C(O)C(O)C3O)C(O)C2O)C(O)C1O)C(O)/C=C/CC/C=C/CC/C=C/CCCCCCCCCCCCCCCCCCCC.